The molecule has 0 radical (unpaired) electrons. The molecule has 0 fully saturated rings. The fraction of sp³-hybridized carbons (Fsp3) is 0.0909. The van der Waals surface area contributed by atoms with Gasteiger partial charge in [0.25, 0.3) is 0 Å². The first-order chi connectivity index (χ1) is 7.35. The molecule has 2 aromatic rings. The standard InChI is InChI=1S/C11H8N2OS/c14-7-9-6-13-11-10(9)4-8(5-12-11)2-1-3-15/h4-7,15H,3H2,(H,12,13). The Morgan fingerprint density at radius 2 is 2.47 bits per heavy atom. The van der Waals surface area contributed by atoms with Gasteiger partial charge < -0.3 is 4.98 Å². The van der Waals surface area contributed by atoms with E-state index in [0.717, 1.165) is 17.2 Å². The number of hydrogen-bond acceptors (Lipinski definition) is 3. The van der Waals surface area contributed by atoms with E-state index in [4.69, 9.17) is 0 Å². The van der Waals surface area contributed by atoms with Crippen molar-refractivity contribution in [3.63, 3.8) is 0 Å². The summed E-state index contributed by atoms with van der Waals surface area (Å²) in [6, 6.07) is 1.85. The van der Waals surface area contributed by atoms with E-state index in [1.807, 2.05) is 6.07 Å². The Bertz CT molecular complexity index is 563. The van der Waals surface area contributed by atoms with Crippen molar-refractivity contribution in [3.8, 4) is 11.8 Å². The third-order valence-electron chi connectivity index (χ3n) is 2.00. The molecule has 2 aromatic heterocycles. The maximum atomic E-state index is 10.7. The van der Waals surface area contributed by atoms with Crippen molar-refractivity contribution in [2.24, 2.45) is 0 Å². The van der Waals surface area contributed by atoms with Crippen molar-refractivity contribution in [2.45, 2.75) is 0 Å². The van der Waals surface area contributed by atoms with Gasteiger partial charge in [-0.25, -0.2) is 4.98 Å². The number of nitrogens with zero attached hydrogens (tertiary/aromatic N) is 1. The summed E-state index contributed by atoms with van der Waals surface area (Å²) in [4.78, 5) is 17.8. The van der Waals surface area contributed by atoms with E-state index in [-0.39, 0.29) is 0 Å². The summed E-state index contributed by atoms with van der Waals surface area (Å²) in [7, 11) is 0. The van der Waals surface area contributed by atoms with E-state index < -0.39 is 0 Å². The molecular formula is C11H8N2OS. The molecule has 0 spiro atoms. The fourth-order valence-electron chi connectivity index (χ4n) is 1.33. The van der Waals surface area contributed by atoms with Gasteiger partial charge in [-0.2, -0.15) is 12.6 Å². The van der Waals surface area contributed by atoms with Crippen LogP contribution in [0.5, 0.6) is 0 Å². The molecule has 0 saturated carbocycles. The number of hydrogen-bond donors (Lipinski definition) is 2. The van der Waals surface area contributed by atoms with Crippen LogP contribution in [0.1, 0.15) is 15.9 Å². The van der Waals surface area contributed by atoms with Crippen molar-refractivity contribution in [3.05, 3.63) is 29.6 Å². The predicted octanol–water partition coefficient (Wildman–Crippen LogP) is 1.66. The van der Waals surface area contributed by atoms with Crippen LogP contribution in [0.3, 0.4) is 0 Å². The monoisotopic (exact) mass is 216 g/mol. The molecule has 1 N–H and O–H groups in total. The maximum absolute atomic E-state index is 10.7. The Morgan fingerprint density at radius 3 is 3.20 bits per heavy atom. The first kappa shape index (κ1) is 9.81. The van der Waals surface area contributed by atoms with E-state index >= 15 is 0 Å². The van der Waals surface area contributed by atoms with Crippen molar-refractivity contribution in [1.29, 1.82) is 0 Å². The predicted molar refractivity (Wildman–Crippen MR) is 62.2 cm³/mol. The van der Waals surface area contributed by atoms with Crippen LogP contribution in [0.15, 0.2) is 18.5 Å². The summed E-state index contributed by atoms with van der Waals surface area (Å²) in [5.41, 5.74) is 2.10. The van der Waals surface area contributed by atoms with Crippen LogP contribution in [-0.2, 0) is 0 Å². The van der Waals surface area contributed by atoms with E-state index in [0.29, 0.717) is 17.0 Å². The van der Waals surface area contributed by atoms with Gasteiger partial charge >= 0.3 is 0 Å². The zero-order valence-electron chi connectivity index (χ0n) is 7.82. The van der Waals surface area contributed by atoms with E-state index in [1.54, 1.807) is 12.4 Å². The smallest absolute Gasteiger partial charge is 0.152 e. The molecule has 0 unspecified atom stereocenters. The third-order valence-corrected chi connectivity index (χ3v) is 2.16. The number of H-pyrrole nitrogens is 1. The number of carbonyl (C=O) groups is 1. The summed E-state index contributed by atoms with van der Waals surface area (Å²) >= 11 is 3.99. The molecule has 0 aliphatic rings. The van der Waals surface area contributed by atoms with Crippen LogP contribution in [0.2, 0.25) is 0 Å². The average Bonchev–Trinajstić information content (AvgIpc) is 2.68. The van der Waals surface area contributed by atoms with Gasteiger partial charge in [0.2, 0.25) is 0 Å². The van der Waals surface area contributed by atoms with Crippen LogP contribution in [-0.4, -0.2) is 22.0 Å². The van der Waals surface area contributed by atoms with Gasteiger partial charge in [-0.3, -0.25) is 4.79 Å². The molecule has 0 aliphatic carbocycles. The number of thiol groups is 1. The lowest BCUT2D eigenvalue weighted by Gasteiger charge is -1.91. The molecule has 0 saturated heterocycles. The van der Waals surface area contributed by atoms with Gasteiger partial charge in [-0.1, -0.05) is 11.8 Å². The average molecular weight is 216 g/mol. The van der Waals surface area contributed by atoms with Crippen molar-refractivity contribution in [1.82, 2.24) is 9.97 Å². The summed E-state index contributed by atoms with van der Waals surface area (Å²) in [5.74, 6) is 6.25. The third kappa shape index (κ3) is 1.88. The molecule has 0 atom stereocenters. The van der Waals surface area contributed by atoms with Crippen LogP contribution in [0.25, 0.3) is 11.0 Å². The lowest BCUT2D eigenvalue weighted by molar-refractivity contribution is 0.112. The van der Waals surface area contributed by atoms with Gasteiger partial charge in [0.15, 0.2) is 6.29 Å². The lowest BCUT2D eigenvalue weighted by atomic mass is 10.2. The van der Waals surface area contributed by atoms with Gasteiger partial charge in [-0.15, -0.1) is 0 Å². The van der Waals surface area contributed by atoms with E-state index in [2.05, 4.69) is 34.4 Å². The number of aromatic nitrogens is 2. The quantitative estimate of drug-likeness (QED) is 0.432. The molecule has 15 heavy (non-hydrogen) atoms. The minimum Gasteiger partial charge on any atom is -0.345 e. The molecule has 74 valence electrons. The molecule has 0 amide bonds. The minimum atomic E-state index is 0.506. The first-order valence-corrected chi connectivity index (χ1v) is 5.00. The van der Waals surface area contributed by atoms with Gasteiger partial charge in [0, 0.05) is 28.9 Å². The zero-order chi connectivity index (χ0) is 10.7. The van der Waals surface area contributed by atoms with E-state index in [9.17, 15) is 4.79 Å². The molecule has 2 heterocycles. The largest absolute Gasteiger partial charge is 0.345 e. The van der Waals surface area contributed by atoms with Crippen LogP contribution >= 0.6 is 12.6 Å². The highest BCUT2D eigenvalue weighted by Crippen LogP contribution is 2.15. The van der Waals surface area contributed by atoms with Gasteiger partial charge in [0.05, 0.1) is 5.75 Å². The van der Waals surface area contributed by atoms with Crippen molar-refractivity contribution in [2.75, 3.05) is 5.75 Å². The first-order valence-electron chi connectivity index (χ1n) is 4.37. The normalized spacial score (nSPS) is 9.67. The second-order valence-electron chi connectivity index (χ2n) is 2.94. The molecule has 0 aliphatic heterocycles. The summed E-state index contributed by atoms with van der Waals surface area (Å²) in [6.45, 7) is 0. The number of aldehydes is 1. The van der Waals surface area contributed by atoms with Crippen LogP contribution < -0.4 is 0 Å². The molecule has 2 rings (SSSR count). The summed E-state index contributed by atoms with van der Waals surface area (Å²) < 4.78 is 0. The Kier molecular flexibility index (Phi) is 2.75. The SMILES string of the molecule is O=Cc1c[nH]c2ncc(C#CCS)cc12. The molecular weight excluding hydrogens is 208 g/mol. The van der Waals surface area contributed by atoms with Gasteiger partial charge in [0.1, 0.15) is 5.65 Å². The molecule has 3 nitrogen and oxygen atoms in total. The van der Waals surface area contributed by atoms with Crippen molar-refractivity contribution >= 4 is 29.9 Å². The number of carbonyl (C=O) groups excluding carboxylic acids is 1. The maximum Gasteiger partial charge on any atom is 0.152 e. The Hall–Kier alpha value is -1.73. The molecule has 4 heteroatoms. The number of fused-ring (bicyclic) bond motifs is 1. The van der Waals surface area contributed by atoms with E-state index in [1.165, 1.54) is 0 Å². The second-order valence-corrected chi connectivity index (χ2v) is 3.26. The Labute approximate surface area is 92.3 Å². The Balaban J connectivity index is 2.57. The number of nitrogens with one attached hydrogen (secondary N) is 1. The van der Waals surface area contributed by atoms with Crippen LogP contribution in [0, 0.1) is 11.8 Å². The van der Waals surface area contributed by atoms with Crippen LogP contribution in [0.4, 0.5) is 0 Å². The highest BCUT2D eigenvalue weighted by molar-refractivity contribution is 7.80. The number of rotatable bonds is 1. The second kappa shape index (κ2) is 4.20. The topological polar surface area (TPSA) is 45.8 Å². The van der Waals surface area contributed by atoms with Gasteiger partial charge in [-0.05, 0) is 6.07 Å². The highest BCUT2D eigenvalue weighted by Gasteiger charge is 2.03. The number of aromatic amines is 1. The highest BCUT2D eigenvalue weighted by atomic mass is 32.1. The lowest BCUT2D eigenvalue weighted by Crippen LogP contribution is -1.82. The fourth-order valence-corrected chi connectivity index (χ4v) is 1.41. The zero-order valence-corrected chi connectivity index (χ0v) is 8.71. The van der Waals surface area contributed by atoms with Crippen molar-refractivity contribution < 1.29 is 4.79 Å². The molecule has 0 aromatic carbocycles. The minimum absolute atomic E-state index is 0.506. The molecule has 0 bridgehead atoms. The summed E-state index contributed by atoms with van der Waals surface area (Å²) in [5, 5.41) is 0.802. The Morgan fingerprint density at radius 1 is 1.60 bits per heavy atom. The number of pyridine rings is 1. The summed E-state index contributed by atoms with van der Waals surface area (Å²) in [6.07, 6.45) is 4.11.